The highest BCUT2D eigenvalue weighted by Crippen LogP contribution is 2.17. The maximum Gasteiger partial charge on any atom is 0.274 e. The van der Waals surface area contributed by atoms with E-state index < -0.39 is 0 Å². The van der Waals surface area contributed by atoms with E-state index in [-0.39, 0.29) is 11.9 Å². The monoisotopic (exact) mass is 286 g/mol. The third kappa shape index (κ3) is 3.07. The van der Waals surface area contributed by atoms with E-state index in [2.05, 4.69) is 18.9 Å². The molecule has 5 heteroatoms. The number of nitrogens with two attached hydrogens (primary N) is 1. The Hall–Kier alpha value is -2.30. The van der Waals surface area contributed by atoms with E-state index in [4.69, 9.17) is 5.73 Å². The highest BCUT2D eigenvalue weighted by atomic mass is 16.2. The van der Waals surface area contributed by atoms with Gasteiger partial charge >= 0.3 is 0 Å². The lowest BCUT2D eigenvalue weighted by atomic mass is 10.1. The maximum atomic E-state index is 12.4. The molecule has 1 heterocycles. The number of carbonyl (C=O) groups excluding carboxylic acids is 1. The summed E-state index contributed by atoms with van der Waals surface area (Å²) in [5.74, 6) is 0.315. The summed E-state index contributed by atoms with van der Waals surface area (Å²) >= 11 is 0. The van der Waals surface area contributed by atoms with Crippen molar-refractivity contribution in [2.75, 3.05) is 12.8 Å². The van der Waals surface area contributed by atoms with Gasteiger partial charge in [0.1, 0.15) is 0 Å². The van der Waals surface area contributed by atoms with Gasteiger partial charge in [0.15, 0.2) is 5.69 Å². The molecule has 1 atom stereocenters. The standard InChI is InChI=1S/C16H22N4O/c1-11(2)12(3)19(4)16(21)14-9-10-20(18-14)15-8-6-5-7-13(15)17/h5-12H,17H2,1-4H3. The van der Waals surface area contributed by atoms with Gasteiger partial charge in [0.05, 0.1) is 11.4 Å². The molecule has 112 valence electrons. The van der Waals surface area contributed by atoms with E-state index in [1.807, 2.05) is 38.2 Å². The number of anilines is 1. The second-order valence-corrected chi connectivity index (χ2v) is 5.61. The number of para-hydroxylation sites is 2. The summed E-state index contributed by atoms with van der Waals surface area (Å²) in [4.78, 5) is 14.2. The van der Waals surface area contributed by atoms with Crippen LogP contribution in [0.3, 0.4) is 0 Å². The Bertz CT molecular complexity index is 633. The number of carbonyl (C=O) groups is 1. The van der Waals surface area contributed by atoms with Gasteiger partial charge in [0.25, 0.3) is 5.91 Å². The van der Waals surface area contributed by atoms with Crippen LogP contribution in [0.15, 0.2) is 36.5 Å². The number of nitrogens with zero attached hydrogens (tertiary/aromatic N) is 3. The van der Waals surface area contributed by atoms with Gasteiger partial charge in [0, 0.05) is 19.3 Å². The van der Waals surface area contributed by atoms with Crippen LogP contribution in [0.5, 0.6) is 0 Å². The Morgan fingerprint density at radius 1 is 1.24 bits per heavy atom. The molecule has 2 aromatic rings. The fraction of sp³-hybridized carbons (Fsp3) is 0.375. The van der Waals surface area contributed by atoms with Crippen molar-refractivity contribution in [3.63, 3.8) is 0 Å². The van der Waals surface area contributed by atoms with Crippen LogP contribution in [0.2, 0.25) is 0 Å². The van der Waals surface area contributed by atoms with Gasteiger partial charge in [-0.1, -0.05) is 26.0 Å². The molecule has 1 amide bonds. The highest BCUT2D eigenvalue weighted by Gasteiger charge is 2.21. The summed E-state index contributed by atoms with van der Waals surface area (Å²) < 4.78 is 1.64. The van der Waals surface area contributed by atoms with E-state index >= 15 is 0 Å². The van der Waals surface area contributed by atoms with Crippen LogP contribution < -0.4 is 5.73 Å². The smallest absolute Gasteiger partial charge is 0.274 e. The van der Waals surface area contributed by atoms with Crippen LogP contribution in [-0.2, 0) is 0 Å². The van der Waals surface area contributed by atoms with Crippen molar-refractivity contribution >= 4 is 11.6 Å². The fourth-order valence-electron chi connectivity index (χ4n) is 2.08. The zero-order valence-corrected chi connectivity index (χ0v) is 12.9. The zero-order valence-electron chi connectivity index (χ0n) is 12.9. The second kappa shape index (κ2) is 5.99. The third-order valence-electron chi connectivity index (χ3n) is 3.89. The Labute approximate surface area is 125 Å². The van der Waals surface area contributed by atoms with Crippen LogP contribution in [0.25, 0.3) is 5.69 Å². The number of hydrogen-bond acceptors (Lipinski definition) is 3. The molecule has 1 aromatic heterocycles. The number of nitrogen functional groups attached to an aromatic ring is 1. The van der Waals surface area contributed by atoms with Crippen molar-refractivity contribution in [1.82, 2.24) is 14.7 Å². The van der Waals surface area contributed by atoms with Gasteiger partial charge in [-0.15, -0.1) is 0 Å². The minimum Gasteiger partial charge on any atom is -0.397 e. The summed E-state index contributed by atoms with van der Waals surface area (Å²) in [5, 5.41) is 4.35. The molecule has 2 N–H and O–H groups in total. The first-order valence-electron chi connectivity index (χ1n) is 7.09. The lowest BCUT2D eigenvalue weighted by Crippen LogP contribution is -2.38. The molecule has 0 spiro atoms. The number of benzene rings is 1. The van der Waals surface area contributed by atoms with Crippen molar-refractivity contribution in [2.45, 2.75) is 26.8 Å². The van der Waals surface area contributed by atoms with Gasteiger partial charge in [0.2, 0.25) is 0 Å². The normalized spacial score (nSPS) is 12.4. The van der Waals surface area contributed by atoms with Crippen LogP contribution in [0.1, 0.15) is 31.3 Å². The molecule has 0 saturated carbocycles. The van der Waals surface area contributed by atoms with Gasteiger partial charge in [-0.3, -0.25) is 4.79 Å². The van der Waals surface area contributed by atoms with Crippen LogP contribution in [-0.4, -0.2) is 33.7 Å². The van der Waals surface area contributed by atoms with Crippen molar-refractivity contribution in [2.24, 2.45) is 5.92 Å². The Kier molecular flexibility index (Phi) is 4.31. The van der Waals surface area contributed by atoms with Crippen molar-refractivity contribution in [3.05, 3.63) is 42.2 Å². The lowest BCUT2D eigenvalue weighted by molar-refractivity contribution is 0.0700. The molecule has 21 heavy (non-hydrogen) atoms. The fourth-order valence-corrected chi connectivity index (χ4v) is 2.08. The van der Waals surface area contributed by atoms with Crippen LogP contribution in [0.4, 0.5) is 5.69 Å². The predicted octanol–water partition coefficient (Wildman–Crippen LogP) is 2.57. The van der Waals surface area contributed by atoms with Crippen LogP contribution >= 0.6 is 0 Å². The van der Waals surface area contributed by atoms with E-state index in [9.17, 15) is 4.79 Å². The van der Waals surface area contributed by atoms with Gasteiger partial charge in [-0.05, 0) is 31.0 Å². The van der Waals surface area contributed by atoms with E-state index in [0.29, 0.717) is 17.3 Å². The van der Waals surface area contributed by atoms with Gasteiger partial charge in [-0.2, -0.15) is 5.10 Å². The van der Waals surface area contributed by atoms with Gasteiger partial charge < -0.3 is 10.6 Å². The molecule has 1 aromatic carbocycles. The summed E-state index contributed by atoms with van der Waals surface area (Å²) in [6.07, 6.45) is 1.76. The quantitative estimate of drug-likeness (QED) is 0.879. The van der Waals surface area contributed by atoms with E-state index in [0.717, 1.165) is 5.69 Å². The molecular weight excluding hydrogens is 264 g/mol. The summed E-state index contributed by atoms with van der Waals surface area (Å²) in [6.45, 7) is 6.23. The molecule has 0 aliphatic carbocycles. The van der Waals surface area contributed by atoms with Crippen molar-refractivity contribution in [1.29, 1.82) is 0 Å². The summed E-state index contributed by atoms with van der Waals surface area (Å²) in [5.41, 5.74) is 7.76. The number of amides is 1. The molecule has 2 rings (SSSR count). The average Bonchev–Trinajstić information content (AvgIpc) is 2.94. The second-order valence-electron chi connectivity index (χ2n) is 5.61. The minimum atomic E-state index is -0.0792. The van der Waals surface area contributed by atoms with E-state index in [1.54, 1.807) is 21.8 Å². The number of rotatable bonds is 4. The lowest BCUT2D eigenvalue weighted by Gasteiger charge is -2.27. The maximum absolute atomic E-state index is 12.4. The van der Waals surface area contributed by atoms with Gasteiger partial charge in [-0.25, -0.2) is 4.68 Å². The molecule has 5 nitrogen and oxygen atoms in total. The third-order valence-corrected chi connectivity index (χ3v) is 3.89. The number of hydrogen-bond donors (Lipinski definition) is 1. The first kappa shape index (κ1) is 15.1. The molecular formula is C16H22N4O. The van der Waals surface area contributed by atoms with Crippen molar-refractivity contribution in [3.8, 4) is 5.69 Å². The molecule has 1 unspecified atom stereocenters. The molecule has 0 aliphatic heterocycles. The topological polar surface area (TPSA) is 64.2 Å². The molecule has 0 fully saturated rings. The zero-order chi connectivity index (χ0) is 15.6. The van der Waals surface area contributed by atoms with Crippen molar-refractivity contribution < 1.29 is 4.79 Å². The Morgan fingerprint density at radius 3 is 2.52 bits per heavy atom. The minimum absolute atomic E-state index is 0.0792. The first-order chi connectivity index (χ1) is 9.91. The first-order valence-corrected chi connectivity index (χ1v) is 7.09. The SMILES string of the molecule is CC(C)C(C)N(C)C(=O)c1ccn(-c2ccccc2N)n1. The Balaban J connectivity index is 2.24. The Morgan fingerprint density at radius 2 is 1.90 bits per heavy atom. The predicted molar refractivity (Wildman–Crippen MR) is 84.4 cm³/mol. The largest absolute Gasteiger partial charge is 0.397 e. The molecule has 0 saturated heterocycles. The molecule has 0 radical (unpaired) electrons. The summed E-state index contributed by atoms with van der Waals surface area (Å²) in [7, 11) is 1.81. The highest BCUT2D eigenvalue weighted by molar-refractivity contribution is 5.92. The molecule has 0 aliphatic rings. The van der Waals surface area contributed by atoms with E-state index in [1.165, 1.54) is 0 Å². The average molecular weight is 286 g/mol. The molecule has 0 bridgehead atoms. The van der Waals surface area contributed by atoms with Crippen LogP contribution in [0, 0.1) is 5.92 Å². The summed E-state index contributed by atoms with van der Waals surface area (Å²) in [6, 6.07) is 9.32. The number of aromatic nitrogens is 2.